The lowest BCUT2D eigenvalue weighted by Crippen LogP contribution is -2.45. The summed E-state index contributed by atoms with van der Waals surface area (Å²) in [5, 5.41) is 2.91. The van der Waals surface area contributed by atoms with Gasteiger partial charge in [0.1, 0.15) is 12.4 Å². The zero-order valence-corrected chi connectivity index (χ0v) is 18.8. The van der Waals surface area contributed by atoms with Crippen LogP contribution in [-0.2, 0) is 22.6 Å². The van der Waals surface area contributed by atoms with Crippen LogP contribution in [0, 0.1) is 0 Å². The molecule has 1 N–H and O–H groups in total. The first-order valence-electron chi connectivity index (χ1n) is 11.6. The second kappa shape index (κ2) is 10.1. The molecule has 0 bridgehead atoms. The van der Waals surface area contributed by atoms with Crippen molar-refractivity contribution < 1.29 is 19.1 Å². The number of benzene rings is 2. The van der Waals surface area contributed by atoms with E-state index in [1.807, 2.05) is 53.4 Å². The maximum atomic E-state index is 12.7. The Hall–Kier alpha value is -3.02. The van der Waals surface area contributed by atoms with E-state index in [9.17, 15) is 9.59 Å². The lowest BCUT2D eigenvalue weighted by atomic mass is 9.92. The molecule has 2 aromatic carbocycles. The summed E-state index contributed by atoms with van der Waals surface area (Å²) in [6, 6.07) is 15.7. The van der Waals surface area contributed by atoms with Gasteiger partial charge in [0.2, 0.25) is 5.91 Å². The van der Waals surface area contributed by atoms with Gasteiger partial charge in [0.25, 0.3) is 0 Å². The number of nitrogens with one attached hydrogen (secondary N) is 1. The Morgan fingerprint density at radius 2 is 1.97 bits per heavy atom. The molecule has 6 heteroatoms. The molecule has 0 aliphatic carbocycles. The molecule has 170 valence electrons. The highest BCUT2D eigenvalue weighted by Gasteiger charge is 2.39. The Morgan fingerprint density at radius 3 is 2.81 bits per heavy atom. The lowest BCUT2D eigenvalue weighted by Gasteiger charge is -2.34. The van der Waals surface area contributed by atoms with Crippen LogP contribution in [0.1, 0.15) is 56.6 Å². The van der Waals surface area contributed by atoms with Gasteiger partial charge in [-0.05, 0) is 62.6 Å². The zero-order valence-electron chi connectivity index (χ0n) is 18.8. The fourth-order valence-corrected chi connectivity index (χ4v) is 4.63. The molecule has 0 radical (unpaired) electrons. The number of carbonyl (C=O) groups is 2. The standard InChI is InChI=1S/C26H32N2O4/c1-26(15-7-16-28(26)25(30)32-19-20-8-3-2-4-9-20)14-5-6-17-31-22-12-10-21-11-13-24(29)27-23(21)18-22/h2-4,8-10,12,18H,5-7,11,13-17,19H2,1H3,(H,27,29)/t26-/m1/s1. The minimum absolute atomic E-state index is 0.0614. The number of hydrogen-bond acceptors (Lipinski definition) is 4. The summed E-state index contributed by atoms with van der Waals surface area (Å²) in [6.45, 7) is 3.83. The van der Waals surface area contributed by atoms with Gasteiger partial charge in [0.05, 0.1) is 6.61 Å². The first kappa shape index (κ1) is 22.2. The number of ether oxygens (including phenoxy) is 2. The highest BCUT2D eigenvalue weighted by atomic mass is 16.6. The van der Waals surface area contributed by atoms with Crippen molar-refractivity contribution in [2.24, 2.45) is 0 Å². The third-order valence-corrected chi connectivity index (χ3v) is 6.53. The molecule has 0 spiro atoms. The van der Waals surface area contributed by atoms with E-state index in [1.165, 1.54) is 0 Å². The van der Waals surface area contributed by atoms with Crippen molar-refractivity contribution in [1.82, 2.24) is 4.90 Å². The highest BCUT2D eigenvalue weighted by Crippen LogP contribution is 2.34. The smallest absolute Gasteiger partial charge is 0.410 e. The molecule has 2 aliphatic rings. The van der Waals surface area contributed by atoms with Crippen molar-refractivity contribution in [3.63, 3.8) is 0 Å². The van der Waals surface area contributed by atoms with Crippen molar-refractivity contribution in [2.75, 3.05) is 18.5 Å². The van der Waals surface area contributed by atoms with Crippen molar-refractivity contribution in [3.8, 4) is 5.75 Å². The van der Waals surface area contributed by atoms with Crippen LogP contribution >= 0.6 is 0 Å². The average molecular weight is 437 g/mol. The zero-order chi connectivity index (χ0) is 22.4. The van der Waals surface area contributed by atoms with Gasteiger partial charge in [-0.3, -0.25) is 4.79 Å². The maximum Gasteiger partial charge on any atom is 0.410 e. The third kappa shape index (κ3) is 5.42. The Balaban J connectivity index is 1.21. The fraction of sp³-hybridized carbons (Fsp3) is 0.462. The SMILES string of the molecule is C[C@@]1(CCCCOc2ccc3c(c2)NC(=O)CC3)CCCN1C(=O)OCc1ccccc1. The van der Waals surface area contributed by atoms with E-state index in [0.29, 0.717) is 19.6 Å². The van der Waals surface area contributed by atoms with Gasteiger partial charge in [-0.25, -0.2) is 4.79 Å². The number of unbranched alkanes of at least 4 members (excludes halogenated alkanes) is 1. The van der Waals surface area contributed by atoms with Crippen LogP contribution in [-0.4, -0.2) is 35.6 Å². The van der Waals surface area contributed by atoms with E-state index in [2.05, 4.69) is 12.2 Å². The van der Waals surface area contributed by atoms with Gasteiger partial charge in [0, 0.05) is 30.3 Å². The minimum atomic E-state index is -0.221. The van der Waals surface area contributed by atoms with Crippen molar-refractivity contribution in [1.29, 1.82) is 0 Å². The molecule has 0 aromatic heterocycles. The van der Waals surface area contributed by atoms with Gasteiger partial charge in [-0.15, -0.1) is 0 Å². The highest BCUT2D eigenvalue weighted by molar-refractivity contribution is 5.94. The van der Waals surface area contributed by atoms with Gasteiger partial charge in [0.15, 0.2) is 0 Å². The molecule has 6 nitrogen and oxygen atoms in total. The molecule has 2 aliphatic heterocycles. The summed E-state index contributed by atoms with van der Waals surface area (Å²) in [5.41, 5.74) is 2.86. The summed E-state index contributed by atoms with van der Waals surface area (Å²) < 4.78 is 11.5. The quantitative estimate of drug-likeness (QED) is 0.569. The molecule has 1 fully saturated rings. The number of fused-ring (bicyclic) bond motifs is 1. The van der Waals surface area contributed by atoms with Crippen LogP contribution in [0.3, 0.4) is 0 Å². The van der Waals surface area contributed by atoms with E-state index >= 15 is 0 Å². The number of likely N-dealkylation sites (tertiary alicyclic amines) is 1. The van der Waals surface area contributed by atoms with Gasteiger partial charge < -0.3 is 19.7 Å². The molecule has 1 saturated heterocycles. The average Bonchev–Trinajstić information content (AvgIpc) is 3.19. The van der Waals surface area contributed by atoms with Crippen molar-refractivity contribution in [3.05, 3.63) is 59.7 Å². The topological polar surface area (TPSA) is 67.9 Å². The number of rotatable bonds is 8. The molecule has 32 heavy (non-hydrogen) atoms. The van der Waals surface area contributed by atoms with Gasteiger partial charge in [-0.1, -0.05) is 36.4 Å². The van der Waals surface area contributed by atoms with E-state index in [4.69, 9.17) is 9.47 Å². The first-order chi connectivity index (χ1) is 15.5. The molecular weight excluding hydrogens is 404 g/mol. The molecule has 2 heterocycles. The van der Waals surface area contributed by atoms with Crippen LogP contribution in [0.5, 0.6) is 5.75 Å². The van der Waals surface area contributed by atoms with Crippen LogP contribution in [0.25, 0.3) is 0 Å². The normalized spacial score (nSPS) is 19.9. The minimum Gasteiger partial charge on any atom is -0.494 e. The van der Waals surface area contributed by atoms with Crippen LogP contribution in [0.4, 0.5) is 10.5 Å². The van der Waals surface area contributed by atoms with Gasteiger partial charge in [-0.2, -0.15) is 0 Å². The summed E-state index contributed by atoms with van der Waals surface area (Å²) in [4.78, 5) is 26.2. The fourth-order valence-electron chi connectivity index (χ4n) is 4.63. The third-order valence-electron chi connectivity index (χ3n) is 6.53. The molecule has 1 atom stereocenters. The van der Waals surface area contributed by atoms with E-state index < -0.39 is 0 Å². The van der Waals surface area contributed by atoms with E-state index in [1.54, 1.807) is 0 Å². The summed E-state index contributed by atoms with van der Waals surface area (Å²) in [5.74, 6) is 0.843. The Kier molecular flexibility index (Phi) is 6.98. The van der Waals surface area contributed by atoms with Crippen LogP contribution in [0.15, 0.2) is 48.5 Å². The van der Waals surface area contributed by atoms with Gasteiger partial charge >= 0.3 is 6.09 Å². The Labute approximate surface area is 189 Å². The predicted molar refractivity (Wildman–Crippen MR) is 124 cm³/mol. The molecule has 2 amide bonds. The molecule has 0 saturated carbocycles. The summed E-state index contributed by atoms with van der Waals surface area (Å²) in [6.07, 6.45) is 5.92. The lowest BCUT2D eigenvalue weighted by molar-refractivity contribution is -0.116. The number of anilines is 1. The number of hydrogen-bond donors (Lipinski definition) is 1. The number of aryl methyl sites for hydroxylation is 1. The van der Waals surface area contributed by atoms with Crippen molar-refractivity contribution in [2.45, 2.75) is 64.0 Å². The summed E-state index contributed by atoms with van der Waals surface area (Å²) >= 11 is 0. The predicted octanol–water partition coefficient (Wildman–Crippen LogP) is 5.31. The number of carbonyl (C=O) groups excluding carboxylic acids is 2. The van der Waals surface area contributed by atoms with Crippen LogP contribution in [0.2, 0.25) is 0 Å². The second-order valence-electron chi connectivity index (χ2n) is 8.97. The number of nitrogens with zero attached hydrogens (tertiary/aromatic N) is 1. The second-order valence-corrected chi connectivity index (χ2v) is 8.97. The molecule has 4 rings (SSSR count). The monoisotopic (exact) mass is 436 g/mol. The van der Waals surface area contributed by atoms with E-state index in [0.717, 1.165) is 67.6 Å². The van der Waals surface area contributed by atoms with Crippen molar-refractivity contribution >= 4 is 17.7 Å². The Morgan fingerprint density at radius 1 is 1.12 bits per heavy atom. The Bertz CT molecular complexity index is 946. The summed E-state index contributed by atoms with van der Waals surface area (Å²) in [7, 11) is 0. The first-order valence-corrected chi connectivity index (χ1v) is 11.6. The van der Waals surface area contributed by atoms with Crippen LogP contribution < -0.4 is 10.1 Å². The van der Waals surface area contributed by atoms with E-state index in [-0.39, 0.29) is 17.5 Å². The molecular formula is C26H32N2O4. The number of amides is 2. The largest absolute Gasteiger partial charge is 0.494 e. The molecule has 0 unspecified atom stereocenters. The maximum absolute atomic E-state index is 12.7. The molecule has 2 aromatic rings.